The molecular weight excluding hydrogens is 363 g/mol. The average Bonchev–Trinajstić information content (AvgIpc) is 2.56. The van der Waals surface area contributed by atoms with E-state index in [9.17, 15) is 22.8 Å². The maximum Gasteiger partial charge on any atom is 0.405 e. The zero-order valence-electron chi connectivity index (χ0n) is 15.7. The molecule has 1 aromatic carbocycles. The van der Waals surface area contributed by atoms with Crippen molar-refractivity contribution >= 4 is 11.9 Å². The summed E-state index contributed by atoms with van der Waals surface area (Å²) in [5.74, 6) is -0.109. The Balaban J connectivity index is 2.26. The van der Waals surface area contributed by atoms with Gasteiger partial charge in [0.15, 0.2) is 0 Å². The molecule has 1 rings (SSSR count). The molecule has 0 heterocycles. The van der Waals surface area contributed by atoms with Crippen molar-refractivity contribution in [1.29, 1.82) is 0 Å². The van der Waals surface area contributed by atoms with E-state index in [4.69, 9.17) is 4.74 Å². The first-order valence-corrected chi connectivity index (χ1v) is 8.68. The lowest BCUT2D eigenvalue weighted by atomic mass is 10.1. The van der Waals surface area contributed by atoms with Gasteiger partial charge in [0.1, 0.15) is 12.3 Å². The minimum absolute atomic E-state index is 0.106. The summed E-state index contributed by atoms with van der Waals surface area (Å²) in [5.41, 5.74) is 1.09. The fourth-order valence-corrected chi connectivity index (χ4v) is 2.16. The van der Waals surface area contributed by atoms with Crippen LogP contribution in [0.4, 0.5) is 18.0 Å². The molecule has 0 radical (unpaired) electrons. The summed E-state index contributed by atoms with van der Waals surface area (Å²) in [4.78, 5) is 22.9. The minimum atomic E-state index is -4.48. The lowest BCUT2D eigenvalue weighted by Gasteiger charge is -2.15. The number of aryl methyl sites for hydroxylation is 1. The molecule has 1 aromatic rings. The van der Waals surface area contributed by atoms with E-state index in [0.717, 1.165) is 17.7 Å². The molecule has 0 spiro atoms. The highest BCUT2D eigenvalue weighted by molar-refractivity contribution is 5.83. The SMILES string of the molecule is CC(CCc1ccc(OC(C)C)cc1)NC(=O)NCC(=O)NCC(F)(F)F. The topological polar surface area (TPSA) is 79.5 Å². The lowest BCUT2D eigenvalue weighted by molar-refractivity contribution is -0.137. The number of hydrogen-bond donors (Lipinski definition) is 3. The zero-order valence-corrected chi connectivity index (χ0v) is 15.7. The van der Waals surface area contributed by atoms with Gasteiger partial charge in [-0.25, -0.2) is 4.79 Å². The summed E-state index contributed by atoms with van der Waals surface area (Å²) >= 11 is 0. The van der Waals surface area contributed by atoms with Gasteiger partial charge in [0.25, 0.3) is 0 Å². The van der Waals surface area contributed by atoms with Crippen molar-refractivity contribution in [2.24, 2.45) is 0 Å². The molecule has 1 atom stereocenters. The number of urea groups is 1. The van der Waals surface area contributed by atoms with Gasteiger partial charge in [-0.2, -0.15) is 13.2 Å². The van der Waals surface area contributed by atoms with Crippen LogP contribution in [0.3, 0.4) is 0 Å². The van der Waals surface area contributed by atoms with Crippen molar-refractivity contribution in [1.82, 2.24) is 16.0 Å². The van der Waals surface area contributed by atoms with E-state index in [2.05, 4.69) is 10.6 Å². The van der Waals surface area contributed by atoms with Crippen molar-refractivity contribution in [3.8, 4) is 5.75 Å². The molecule has 27 heavy (non-hydrogen) atoms. The highest BCUT2D eigenvalue weighted by Gasteiger charge is 2.27. The predicted octanol–water partition coefficient (Wildman–Crippen LogP) is 2.77. The Kier molecular flexibility index (Phi) is 8.90. The Morgan fingerprint density at radius 3 is 2.26 bits per heavy atom. The molecule has 1 unspecified atom stereocenters. The van der Waals surface area contributed by atoms with Crippen LogP contribution in [0.25, 0.3) is 0 Å². The minimum Gasteiger partial charge on any atom is -0.491 e. The Morgan fingerprint density at radius 2 is 1.70 bits per heavy atom. The van der Waals surface area contributed by atoms with Crippen LogP contribution in [-0.4, -0.2) is 43.3 Å². The predicted molar refractivity (Wildman–Crippen MR) is 95.6 cm³/mol. The molecule has 0 fully saturated rings. The van der Waals surface area contributed by atoms with Crippen LogP contribution in [0.5, 0.6) is 5.75 Å². The summed E-state index contributed by atoms with van der Waals surface area (Å²) in [6, 6.07) is 6.91. The van der Waals surface area contributed by atoms with E-state index in [-0.39, 0.29) is 12.1 Å². The number of benzene rings is 1. The van der Waals surface area contributed by atoms with Crippen LogP contribution in [-0.2, 0) is 11.2 Å². The molecule has 0 aromatic heterocycles. The van der Waals surface area contributed by atoms with E-state index in [0.29, 0.717) is 6.42 Å². The number of amides is 3. The fraction of sp³-hybridized carbons (Fsp3) is 0.556. The van der Waals surface area contributed by atoms with Crippen LogP contribution in [0.2, 0.25) is 0 Å². The first kappa shape index (κ1) is 22.6. The second-order valence-electron chi connectivity index (χ2n) is 6.47. The van der Waals surface area contributed by atoms with E-state index in [1.807, 2.05) is 38.1 Å². The Morgan fingerprint density at radius 1 is 1.07 bits per heavy atom. The number of hydrogen-bond acceptors (Lipinski definition) is 3. The number of nitrogens with one attached hydrogen (secondary N) is 3. The maximum absolute atomic E-state index is 12.0. The smallest absolute Gasteiger partial charge is 0.405 e. The van der Waals surface area contributed by atoms with Gasteiger partial charge >= 0.3 is 12.2 Å². The Labute approximate surface area is 156 Å². The van der Waals surface area contributed by atoms with Crippen LogP contribution in [0.1, 0.15) is 32.8 Å². The molecule has 9 heteroatoms. The molecule has 6 nitrogen and oxygen atoms in total. The van der Waals surface area contributed by atoms with Crippen molar-refractivity contribution in [3.63, 3.8) is 0 Å². The van der Waals surface area contributed by atoms with Crippen molar-refractivity contribution in [3.05, 3.63) is 29.8 Å². The van der Waals surface area contributed by atoms with Gasteiger partial charge in [-0.15, -0.1) is 0 Å². The number of alkyl halides is 3. The average molecular weight is 389 g/mol. The quantitative estimate of drug-likeness (QED) is 0.608. The molecular formula is C18H26F3N3O3. The van der Waals surface area contributed by atoms with Gasteiger partial charge in [0.2, 0.25) is 5.91 Å². The molecule has 3 amide bonds. The maximum atomic E-state index is 12.0. The van der Waals surface area contributed by atoms with Crippen molar-refractivity contribution in [2.75, 3.05) is 13.1 Å². The van der Waals surface area contributed by atoms with Crippen LogP contribution < -0.4 is 20.7 Å². The summed E-state index contributed by atoms with van der Waals surface area (Å²) in [6.45, 7) is 3.76. The fourth-order valence-electron chi connectivity index (χ4n) is 2.16. The molecule has 0 bridgehead atoms. The molecule has 0 saturated carbocycles. The molecule has 3 N–H and O–H groups in total. The largest absolute Gasteiger partial charge is 0.491 e. The van der Waals surface area contributed by atoms with E-state index in [1.165, 1.54) is 0 Å². The molecule has 152 valence electrons. The molecule has 0 aliphatic carbocycles. The summed E-state index contributed by atoms with van der Waals surface area (Å²) in [5, 5.41) is 6.54. The number of rotatable bonds is 9. The van der Waals surface area contributed by atoms with Gasteiger partial charge in [0, 0.05) is 6.04 Å². The Hall–Kier alpha value is -2.45. The van der Waals surface area contributed by atoms with E-state index >= 15 is 0 Å². The number of halogens is 3. The monoisotopic (exact) mass is 389 g/mol. The van der Waals surface area contributed by atoms with E-state index in [1.54, 1.807) is 12.2 Å². The molecule has 0 saturated heterocycles. The summed E-state index contributed by atoms with van der Waals surface area (Å²) in [7, 11) is 0. The second-order valence-corrected chi connectivity index (χ2v) is 6.47. The Bertz CT molecular complexity index is 604. The van der Waals surface area contributed by atoms with Gasteiger partial charge in [0.05, 0.1) is 12.6 Å². The third kappa shape index (κ3) is 11.0. The van der Waals surface area contributed by atoms with Gasteiger partial charge in [-0.05, 0) is 51.3 Å². The number of ether oxygens (including phenoxy) is 1. The standard InChI is InChI=1S/C18H26F3N3O3/c1-12(2)27-15-8-6-14(7-9-15)5-4-13(3)24-17(26)22-10-16(25)23-11-18(19,20)21/h6-9,12-13H,4-5,10-11H2,1-3H3,(H,23,25)(H2,22,24,26). The molecule has 0 aliphatic heterocycles. The summed E-state index contributed by atoms with van der Waals surface area (Å²) in [6.07, 6.45) is -2.98. The molecule has 0 aliphatic rings. The highest BCUT2D eigenvalue weighted by Crippen LogP contribution is 2.15. The van der Waals surface area contributed by atoms with Gasteiger partial charge in [-0.3, -0.25) is 4.79 Å². The third-order valence-corrected chi connectivity index (χ3v) is 3.43. The van der Waals surface area contributed by atoms with Crippen LogP contribution in [0.15, 0.2) is 24.3 Å². The number of carbonyl (C=O) groups excluding carboxylic acids is 2. The summed E-state index contributed by atoms with van der Waals surface area (Å²) < 4.78 is 41.5. The van der Waals surface area contributed by atoms with Crippen LogP contribution in [0, 0.1) is 0 Å². The second kappa shape index (κ2) is 10.6. The number of carbonyl (C=O) groups is 2. The first-order chi connectivity index (χ1) is 12.5. The van der Waals surface area contributed by atoms with Crippen LogP contribution >= 0.6 is 0 Å². The lowest BCUT2D eigenvalue weighted by Crippen LogP contribution is -2.46. The zero-order chi connectivity index (χ0) is 20.4. The third-order valence-electron chi connectivity index (χ3n) is 3.43. The van der Waals surface area contributed by atoms with E-state index < -0.39 is 31.2 Å². The van der Waals surface area contributed by atoms with Gasteiger partial charge in [-0.1, -0.05) is 12.1 Å². The van der Waals surface area contributed by atoms with Crippen molar-refractivity contribution in [2.45, 2.75) is 51.9 Å². The van der Waals surface area contributed by atoms with Gasteiger partial charge < -0.3 is 20.7 Å². The highest BCUT2D eigenvalue weighted by atomic mass is 19.4. The van der Waals surface area contributed by atoms with Crippen molar-refractivity contribution < 1.29 is 27.5 Å². The first-order valence-electron chi connectivity index (χ1n) is 8.68. The normalized spacial score (nSPS) is 12.4.